The molecular weight excluding hydrogens is 246 g/mol. The predicted octanol–water partition coefficient (Wildman–Crippen LogP) is 3.74. The van der Waals surface area contributed by atoms with Crippen molar-refractivity contribution in [1.82, 2.24) is 15.0 Å². The van der Waals surface area contributed by atoms with Crippen LogP contribution in [0.25, 0.3) is 22.2 Å². The van der Waals surface area contributed by atoms with Gasteiger partial charge in [0.25, 0.3) is 0 Å². The van der Waals surface area contributed by atoms with E-state index in [2.05, 4.69) is 46.1 Å². The molecule has 2 heterocycles. The molecule has 0 atom stereocenters. The molecule has 1 aromatic carbocycles. The van der Waals surface area contributed by atoms with E-state index >= 15 is 0 Å². The van der Waals surface area contributed by atoms with Gasteiger partial charge in [-0.3, -0.25) is 15.0 Å². The van der Waals surface area contributed by atoms with Crippen LogP contribution in [-0.4, -0.2) is 15.0 Å². The molecule has 0 N–H and O–H groups in total. The fourth-order valence-electron chi connectivity index (χ4n) is 2.63. The van der Waals surface area contributed by atoms with E-state index in [0.717, 1.165) is 22.2 Å². The zero-order valence-corrected chi connectivity index (χ0v) is 11.4. The molecular formula is C17H15N3. The van der Waals surface area contributed by atoms with Gasteiger partial charge in [0.1, 0.15) is 5.52 Å². The third-order valence-electron chi connectivity index (χ3n) is 4.27. The van der Waals surface area contributed by atoms with Gasteiger partial charge in [0.05, 0.1) is 11.7 Å². The fraction of sp³-hybridized carbons (Fsp3) is 0.235. The van der Waals surface area contributed by atoms with E-state index in [1.807, 2.05) is 6.20 Å². The molecule has 3 aromatic rings. The van der Waals surface area contributed by atoms with Crippen LogP contribution in [0.5, 0.6) is 0 Å². The lowest BCUT2D eigenvalue weighted by atomic mass is 9.95. The Balaban J connectivity index is 1.83. The van der Waals surface area contributed by atoms with E-state index in [1.54, 1.807) is 18.6 Å². The Bertz CT molecular complexity index is 768. The average Bonchev–Trinajstić information content (AvgIpc) is 3.26. The Morgan fingerprint density at radius 1 is 0.950 bits per heavy atom. The number of fused-ring (bicyclic) bond motifs is 1. The molecule has 1 saturated carbocycles. The summed E-state index contributed by atoms with van der Waals surface area (Å²) in [6.07, 6.45) is 9.65. The molecule has 0 bridgehead atoms. The van der Waals surface area contributed by atoms with Crippen LogP contribution in [0.2, 0.25) is 0 Å². The van der Waals surface area contributed by atoms with Crippen LogP contribution in [0.3, 0.4) is 0 Å². The van der Waals surface area contributed by atoms with Crippen molar-refractivity contribution in [1.29, 1.82) is 0 Å². The van der Waals surface area contributed by atoms with Crippen molar-refractivity contribution in [3.05, 3.63) is 54.6 Å². The van der Waals surface area contributed by atoms with Crippen LogP contribution >= 0.6 is 0 Å². The summed E-state index contributed by atoms with van der Waals surface area (Å²) in [6, 6.07) is 8.81. The van der Waals surface area contributed by atoms with Gasteiger partial charge in [-0.25, -0.2) is 0 Å². The van der Waals surface area contributed by atoms with E-state index in [-0.39, 0.29) is 0 Å². The minimum Gasteiger partial charge on any atom is -0.262 e. The molecule has 1 fully saturated rings. The van der Waals surface area contributed by atoms with E-state index in [9.17, 15) is 0 Å². The summed E-state index contributed by atoms with van der Waals surface area (Å²) in [5.41, 5.74) is 5.78. The first-order valence-corrected chi connectivity index (χ1v) is 6.92. The first kappa shape index (κ1) is 11.5. The third kappa shape index (κ3) is 1.78. The van der Waals surface area contributed by atoms with E-state index < -0.39 is 0 Å². The van der Waals surface area contributed by atoms with Crippen LogP contribution in [0.4, 0.5) is 0 Å². The van der Waals surface area contributed by atoms with Crippen molar-refractivity contribution in [3.8, 4) is 11.1 Å². The Labute approximate surface area is 117 Å². The highest BCUT2D eigenvalue weighted by Gasteiger charge is 2.38. The van der Waals surface area contributed by atoms with Crippen molar-refractivity contribution >= 4 is 11.0 Å². The standard InChI is InChI=1S/C17H15N3/c1-17(6-7-17)13-4-2-12(3-5-13)14-10-18-11-15-16(14)20-9-8-19-15/h2-5,8-11H,6-7H2,1H3. The van der Waals surface area contributed by atoms with Crippen LogP contribution in [0, 0.1) is 0 Å². The number of benzene rings is 1. The number of pyridine rings is 1. The zero-order chi connectivity index (χ0) is 13.6. The van der Waals surface area contributed by atoms with Gasteiger partial charge in [-0.15, -0.1) is 0 Å². The van der Waals surface area contributed by atoms with Crippen molar-refractivity contribution < 1.29 is 0 Å². The van der Waals surface area contributed by atoms with Crippen LogP contribution in [-0.2, 0) is 5.41 Å². The molecule has 1 aliphatic rings. The molecule has 0 amide bonds. The lowest BCUT2D eigenvalue weighted by Gasteiger charge is -2.10. The Hall–Kier alpha value is -2.29. The largest absolute Gasteiger partial charge is 0.262 e. The van der Waals surface area contributed by atoms with Gasteiger partial charge in [-0.1, -0.05) is 31.2 Å². The van der Waals surface area contributed by atoms with Crippen molar-refractivity contribution in [2.75, 3.05) is 0 Å². The lowest BCUT2D eigenvalue weighted by molar-refractivity contribution is 0.788. The summed E-state index contributed by atoms with van der Waals surface area (Å²) < 4.78 is 0. The van der Waals surface area contributed by atoms with Gasteiger partial charge in [0, 0.05) is 24.2 Å². The number of aromatic nitrogens is 3. The third-order valence-corrected chi connectivity index (χ3v) is 4.27. The first-order chi connectivity index (χ1) is 9.76. The summed E-state index contributed by atoms with van der Waals surface area (Å²) in [5.74, 6) is 0. The Kier molecular flexibility index (Phi) is 2.36. The van der Waals surface area contributed by atoms with Crippen LogP contribution < -0.4 is 0 Å². The molecule has 0 unspecified atom stereocenters. The molecule has 0 aliphatic heterocycles. The number of hydrogen-bond acceptors (Lipinski definition) is 3. The maximum atomic E-state index is 4.44. The maximum Gasteiger partial charge on any atom is 0.108 e. The molecule has 4 rings (SSSR count). The number of hydrogen-bond donors (Lipinski definition) is 0. The lowest BCUT2D eigenvalue weighted by Crippen LogP contribution is -1.98. The van der Waals surface area contributed by atoms with Gasteiger partial charge in [0.2, 0.25) is 0 Å². The van der Waals surface area contributed by atoms with E-state index in [1.165, 1.54) is 18.4 Å². The summed E-state index contributed by atoms with van der Waals surface area (Å²) in [7, 11) is 0. The van der Waals surface area contributed by atoms with Crippen LogP contribution in [0.15, 0.2) is 49.1 Å². The van der Waals surface area contributed by atoms with Crippen molar-refractivity contribution in [2.24, 2.45) is 0 Å². The van der Waals surface area contributed by atoms with Gasteiger partial charge in [-0.2, -0.15) is 0 Å². The SMILES string of the molecule is CC1(c2ccc(-c3cncc4nccnc34)cc2)CC1. The van der Waals surface area contributed by atoms with Crippen LogP contribution in [0.1, 0.15) is 25.3 Å². The number of rotatable bonds is 2. The van der Waals surface area contributed by atoms with Crippen molar-refractivity contribution in [3.63, 3.8) is 0 Å². The number of nitrogens with zero attached hydrogens (tertiary/aromatic N) is 3. The van der Waals surface area contributed by atoms with Crippen molar-refractivity contribution in [2.45, 2.75) is 25.2 Å². The second-order valence-electron chi connectivity index (χ2n) is 5.75. The molecule has 3 heteroatoms. The maximum absolute atomic E-state index is 4.44. The zero-order valence-electron chi connectivity index (χ0n) is 11.4. The predicted molar refractivity (Wildman–Crippen MR) is 79.4 cm³/mol. The van der Waals surface area contributed by atoms with Gasteiger partial charge in [-0.05, 0) is 29.4 Å². The summed E-state index contributed by atoms with van der Waals surface area (Å²) in [4.78, 5) is 13.0. The monoisotopic (exact) mass is 261 g/mol. The molecule has 1 aliphatic carbocycles. The van der Waals surface area contributed by atoms with Gasteiger partial charge < -0.3 is 0 Å². The molecule has 0 saturated heterocycles. The first-order valence-electron chi connectivity index (χ1n) is 6.92. The fourth-order valence-corrected chi connectivity index (χ4v) is 2.63. The normalized spacial score (nSPS) is 16.2. The van der Waals surface area contributed by atoms with E-state index in [4.69, 9.17) is 0 Å². The Morgan fingerprint density at radius 2 is 1.70 bits per heavy atom. The minimum absolute atomic E-state index is 0.412. The Morgan fingerprint density at radius 3 is 2.45 bits per heavy atom. The molecule has 2 aromatic heterocycles. The summed E-state index contributed by atoms with van der Waals surface area (Å²) in [5, 5.41) is 0. The smallest absolute Gasteiger partial charge is 0.108 e. The molecule has 0 radical (unpaired) electrons. The van der Waals surface area contributed by atoms with E-state index in [0.29, 0.717) is 5.41 Å². The van der Waals surface area contributed by atoms with Gasteiger partial charge in [0.15, 0.2) is 0 Å². The molecule has 20 heavy (non-hydrogen) atoms. The molecule has 0 spiro atoms. The highest BCUT2D eigenvalue weighted by molar-refractivity contribution is 5.90. The summed E-state index contributed by atoms with van der Waals surface area (Å²) >= 11 is 0. The molecule has 98 valence electrons. The quantitative estimate of drug-likeness (QED) is 0.705. The second kappa shape index (κ2) is 4.10. The van der Waals surface area contributed by atoms with Gasteiger partial charge >= 0.3 is 0 Å². The highest BCUT2D eigenvalue weighted by atomic mass is 14.8. The molecule has 3 nitrogen and oxygen atoms in total. The summed E-state index contributed by atoms with van der Waals surface area (Å²) in [6.45, 7) is 2.33. The minimum atomic E-state index is 0.412. The second-order valence-corrected chi connectivity index (χ2v) is 5.75. The topological polar surface area (TPSA) is 38.7 Å². The average molecular weight is 261 g/mol. The highest BCUT2D eigenvalue weighted by Crippen LogP contribution is 2.47.